The molecule has 0 saturated carbocycles. The van der Waals surface area contributed by atoms with Gasteiger partial charge in [0.05, 0.1) is 6.42 Å². The van der Waals surface area contributed by atoms with E-state index in [1.165, 1.54) is 11.8 Å². The molecule has 2 aromatic rings. The number of aromatic nitrogens is 2. The maximum atomic E-state index is 10.2. The monoisotopic (exact) mass is 263 g/mol. The summed E-state index contributed by atoms with van der Waals surface area (Å²) in [5, 5.41) is 18.4. The third kappa shape index (κ3) is 3.89. The highest BCUT2D eigenvalue weighted by Crippen LogP contribution is 2.18. The van der Waals surface area contributed by atoms with Crippen LogP contribution in [-0.4, -0.2) is 21.9 Å². The van der Waals surface area contributed by atoms with Crippen LogP contribution in [0.5, 0.6) is 0 Å². The fraction of sp³-hybridized carbons (Fsp3) is 0.250. The summed E-state index contributed by atoms with van der Waals surface area (Å²) in [6.45, 7) is 0. The number of carbonyl (C=O) groups is 1. The molecule has 0 amide bonds. The molecule has 0 saturated heterocycles. The number of rotatable bonds is 6. The average molecular weight is 263 g/mol. The molecule has 18 heavy (non-hydrogen) atoms. The number of thioether (sulfide) groups is 1. The fourth-order valence-electron chi connectivity index (χ4n) is 1.36. The second-order valence-electron chi connectivity index (χ2n) is 3.59. The van der Waals surface area contributed by atoms with Crippen LogP contribution in [0.1, 0.15) is 17.9 Å². The molecule has 0 radical (unpaired) electrons. The lowest BCUT2D eigenvalue weighted by Crippen LogP contribution is -2.22. The van der Waals surface area contributed by atoms with Gasteiger partial charge in [0, 0.05) is 11.7 Å². The first-order chi connectivity index (χ1) is 8.74. The van der Waals surface area contributed by atoms with Crippen LogP contribution in [-0.2, 0) is 11.2 Å². The van der Waals surface area contributed by atoms with E-state index < -0.39 is 5.97 Å². The maximum absolute atomic E-state index is 10.2. The SMILES string of the molecule is O=C([O-])CCSc1nnc(Cc2ccccc2)o1. The third-order valence-corrected chi connectivity index (χ3v) is 3.00. The highest BCUT2D eigenvalue weighted by atomic mass is 32.2. The predicted molar refractivity (Wildman–Crippen MR) is 63.9 cm³/mol. The molecule has 5 nitrogen and oxygen atoms in total. The maximum Gasteiger partial charge on any atom is 0.276 e. The summed E-state index contributed by atoms with van der Waals surface area (Å²) in [4.78, 5) is 10.2. The summed E-state index contributed by atoms with van der Waals surface area (Å²) in [7, 11) is 0. The van der Waals surface area contributed by atoms with E-state index in [4.69, 9.17) is 4.42 Å². The first-order valence-corrected chi connectivity index (χ1v) is 6.41. The second-order valence-corrected chi connectivity index (χ2v) is 4.64. The van der Waals surface area contributed by atoms with Gasteiger partial charge in [-0.1, -0.05) is 42.1 Å². The minimum absolute atomic E-state index is 0.0267. The highest BCUT2D eigenvalue weighted by molar-refractivity contribution is 7.99. The Morgan fingerprint density at radius 3 is 2.78 bits per heavy atom. The highest BCUT2D eigenvalue weighted by Gasteiger charge is 2.07. The summed E-state index contributed by atoms with van der Waals surface area (Å²) < 4.78 is 5.40. The van der Waals surface area contributed by atoms with Crippen LogP contribution in [0.15, 0.2) is 40.0 Å². The Bertz CT molecular complexity index is 513. The Balaban J connectivity index is 1.88. The van der Waals surface area contributed by atoms with E-state index in [0.717, 1.165) is 5.56 Å². The van der Waals surface area contributed by atoms with Gasteiger partial charge in [-0.05, 0) is 12.0 Å². The van der Waals surface area contributed by atoms with Crippen molar-refractivity contribution in [2.75, 3.05) is 5.75 Å². The minimum atomic E-state index is -1.08. The molecule has 1 aromatic carbocycles. The average Bonchev–Trinajstić information content (AvgIpc) is 2.78. The number of benzene rings is 1. The lowest BCUT2D eigenvalue weighted by Gasteiger charge is -1.98. The zero-order valence-corrected chi connectivity index (χ0v) is 10.4. The van der Waals surface area contributed by atoms with Crippen molar-refractivity contribution >= 4 is 17.7 Å². The zero-order valence-electron chi connectivity index (χ0n) is 9.54. The summed E-state index contributed by atoms with van der Waals surface area (Å²) in [6.07, 6.45) is 0.552. The van der Waals surface area contributed by atoms with E-state index in [1.807, 2.05) is 30.3 Å². The third-order valence-electron chi connectivity index (χ3n) is 2.18. The smallest absolute Gasteiger partial charge is 0.276 e. The lowest BCUT2D eigenvalue weighted by atomic mass is 10.2. The van der Waals surface area contributed by atoms with Crippen molar-refractivity contribution in [1.29, 1.82) is 0 Å². The van der Waals surface area contributed by atoms with Gasteiger partial charge in [-0.25, -0.2) is 0 Å². The summed E-state index contributed by atoms with van der Waals surface area (Å²) in [6, 6.07) is 9.79. The summed E-state index contributed by atoms with van der Waals surface area (Å²) in [5.41, 5.74) is 1.09. The molecule has 0 aliphatic carbocycles. The van der Waals surface area contributed by atoms with E-state index in [-0.39, 0.29) is 6.42 Å². The van der Waals surface area contributed by atoms with Crippen LogP contribution in [0, 0.1) is 0 Å². The molecule has 6 heteroatoms. The van der Waals surface area contributed by atoms with Crippen LogP contribution in [0.4, 0.5) is 0 Å². The van der Waals surface area contributed by atoms with Gasteiger partial charge in [0.2, 0.25) is 5.89 Å². The number of carboxylic acid groups (broad SMARTS) is 1. The normalized spacial score (nSPS) is 10.4. The molecule has 1 heterocycles. The van der Waals surface area contributed by atoms with E-state index in [2.05, 4.69) is 10.2 Å². The molecule has 0 unspecified atom stereocenters. The van der Waals surface area contributed by atoms with Crippen LogP contribution in [0.2, 0.25) is 0 Å². The van der Waals surface area contributed by atoms with Crippen LogP contribution in [0.3, 0.4) is 0 Å². The van der Waals surface area contributed by atoms with Crippen LogP contribution < -0.4 is 5.11 Å². The molecule has 0 spiro atoms. The number of aliphatic carboxylic acids is 1. The number of hydrogen-bond donors (Lipinski definition) is 0. The standard InChI is InChI=1S/C12H12N2O3S/c15-11(16)6-7-18-12-14-13-10(17-12)8-9-4-2-1-3-5-9/h1-5H,6-8H2,(H,15,16)/p-1. The van der Waals surface area contributed by atoms with E-state index in [9.17, 15) is 9.90 Å². The van der Waals surface area contributed by atoms with E-state index in [1.54, 1.807) is 0 Å². The number of carboxylic acids is 1. The van der Waals surface area contributed by atoms with Gasteiger partial charge in [0.1, 0.15) is 0 Å². The van der Waals surface area contributed by atoms with Crippen molar-refractivity contribution in [2.45, 2.75) is 18.1 Å². The molecular weight excluding hydrogens is 252 g/mol. The van der Waals surface area contributed by atoms with Crippen molar-refractivity contribution in [1.82, 2.24) is 10.2 Å². The zero-order chi connectivity index (χ0) is 12.8. The Labute approximate surface area is 108 Å². The molecule has 0 aliphatic heterocycles. The van der Waals surface area contributed by atoms with Crippen LogP contribution in [0.25, 0.3) is 0 Å². The largest absolute Gasteiger partial charge is 0.550 e. The number of nitrogens with zero attached hydrogens (tertiary/aromatic N) is 2. The topological polar surface area (TPSA) is 79.0 Å². The minimum Gasteiger partial charge on any atom is -0.550 e. The van der Waals surface area contributed by atoms with Crippen molar-refractivity contribution in [3.63, 3.8) is 0 Å². The summed E-state index contributed by atoms with van der Waals surface area (Å²) >= 11 is 1.22. The molecule has 2 rings (SSSR count). The molecule has 94 valence electrons. The number of hydrogen-bond acceptors (Lipinski definition) is 6. The Hall–Kier alpha value is -1.82. The van der Waals surface area contributed by atoms with E-state index in [0.29, 0.717) is 23.3 Å². The molecule has 1 aromatic heterocycles. The molecule has 0 atom stereocenters. The van der Waals surface area contributed by atoms with E-state index >= 15 is 0 Å². The molecule has 0 aliphatic rings. The van der Waals surface area contributed by atoms with Gasteiger partial charge in [0.25, 0.3) is 5.22 Å². The van der Waals surface area contributed by atoms with Crippen molar-refractivity contribution < 1.29 is 14.3 Å². The van der Waals surface area contributed by atoms with Gasteiger partial charge in [-0.2, -0.15) is 0 Å². The predicted octanol–water partition coefficient (Wildman–Crippen LogP) is 0.892. The Kier molecular flexibility index (Phi) is 4.35. The molecule has 0 bridgehead atoms. The quantitative estimate of drug-likeness (QED) is 0.720. The second kappa shape index (κ2) is 6.20. The van der Waals surface area contributed by atoms with Gasteiger partial charge in [-0.15, -0.1) is 10.2 Å². The van der Waals surface area contributed by atoms with Crippen molar-refractivity contribution in [3.05, 3.63) is 41.8 Å². The molecule has 0 N–H and O–H groups in total. The van der Waals surface area contributed by atoms with Gasteiger partial charge < -0.3 is 14.3 Å². The summed E-state index contributed by atoms with van der Waals surface area (Å²) in [5.74, 6) is -0.182. The molecular formula is C12H11N2O3S-. The molecule has 0 fully saturated rings. The first-order valence-electron chi connectivity index (χ1n) is 5.43. The van der Waals surface area contributed by atoms with Gasteiger partial charge in [-0.3, -0.25) is 0 Å². The van der Waals surface area contributed by atoms with Crippen LogP contribution >= 0.6 is 11.8 Å². The fourth-order valence-corrected chi connectivity index (χ4v) is 2.06. The van der Waals surface area contributed by atoms with Crippen molar-refractivity contribution in [3.8, 4) is 0 Å². The van der Waals surface area contributed by atoms with Gasteiger partial charge in [0.15, 0.2) is 0 Å². The Morgan fingerprint density at radius 2 is 2.06 bits per heavy atom. The number of carbonyl (C=O) groups excluding carboxylic acids is 1. The first kappa shape index (κ1) is 12.6. The lowest BCUT2D eigenvalue weighted by molar-refractivity contribution is -0.305. The van der Waals surface area contributed by atoms with Crippen molar-refractivity contribution in [2.24, 2.45) is 0 Å². The Morgan fingerprint density at radius 1 is 1.28 bits per heavy atom. The van der Waals surface area contributed by atoms with Gasteiger partial charge >= 0.3 is 0 Å².